The van der Waals surface area contributed by atoms with Crippen LogP contribution in [0.2, 0.25) is 0 Å². The van der Waals surface area contributed by atoms with Gasteiger partial charge in [-0.25, -0.2) is 0 Å². The summed E-state index contributed by atoms with van der Waals surface area (Å²) in [5, 5.41) is 1.84. The average molecular weight is 920 g/mol. The van der Waals surface area contributed by atoms with Crippen molar-refractivity contribution in [2.24, 2.45) is 0 Å². The molecular formula is C48H112P4Pd. The summed E-state index contributed by atoms with van der Waals surface area (Å²) in [7, 11) is 0. The van der Waals surface area contributed by atoms with Gasteiger partial charge in [-0.05, 0) is 0 Å². The van der Waals surface area contributed by atoms with Crippen molar-refractivity contribution in [2.45, 2.75) is 311 Å². The topological polar surface area (TPSA) is 0 Å². The molecule has 334 valence electrons. The first-order valence-corrected chi connectivity index (χ1v) is 38.2. The van der Waals surface area contributed by atoms with E-state index in [2.05, 4.69) is 249 Å². The van der Waals surface area contributed by atoms with Crippen LogP contribution in [-0.4, -0.2) is 61.9 Å². The SMILES string of the molecule is CC(C)(C)[PH](C(C)(C)C)(C(C)(C)C)[Pd]([PH](C(C)(C)C)(C(C)(C)C)C(C)(C)C)([PH](C(C)(C)C)(C(C)(C)C)C(C)(C)C)[PH](C(C)(C)C)(C(C)(C)C)C(C)(C)C. The van der Waals surface area contributed by atoms with E-state index in [1.54, 1.807) is 0 Å². The Morgan fingerprint density at radius 3 is 0.245 bits per heavy atom. The Kier molecular flexibility index (Phi) is 14.9. The second-order valence-electron chi connectivity index (χ2n) is 29.9. The van der Waals surface area contributed by atoms with Gasteiger partial charge < -0.3 is 0 Å². The van der Waals surface area contributed by atoms with Crippen molar-refractivity contribution >= 4 is 21.8 Å². The van der Waals surface area contributed by atoms with Crippen molar-refractivity contribution in [1.29, 1.82) is 0 Å². The Morgan fingerprint density at radius 2 is 0.208 bits per heavy atom. The number of hydrogen-bond donors (Lipinski definition) is 0. The molecule has 0 aliphatic carbocycles. The van der Waals surface area contributed by atoms with Crippen LogP contribution in [0.1, 0.15) is 249 Å². The summed E-state index contributed by atoms with van der Waals surface area (Å²) in [4.78, 5) is 0. The van der Waals surface area contributed by atoms with Gasteiger partial charge in [-0.1, -0.05) is 0 Å². The molecule has 0 unspecified atom stereocenters. The van der Waals surface area contributed by atoms with E-state index < -0.39 is 35.4 Å². The summed E-state index contributed by atoms with van der Waals surface area (Å²) in [6.45, 7) is 103. The van der Waals surface area contributed by atoms with Crippen molar-refractivity contribution < 1.29 is 13.6 Å². The minimum atomic E-state index is -3.23. The molecule has 0 aromatic rings. The molecule has 0 heterocycles. The maximum atomic E-state index is 2.85. The zero-order valence-corrected chi connectivity index (χ0v) is 49.9. The standard InChI is InChI=1S/4C12H27P.Pd/c4*1-10(2,3)13(11(4,5)6)12(7,8)9;/h4*1-9H3;/q;;;;-4/p+4. The number of rotatable bonds is 4. The average Bonchev–Trinajstić information content (AvgIpc) is 2.60. The Morgan fingerprint density at radius 1 is 0.151 bits per heavy atom. The van der Waals surface area contributed by atoms with E-state index in [0.717, 1.165) is 0 Å². The third-order valence-corrected chi connectivity index (χ3v) is 153. The Balaban J connectivity index is 12.9. The van der Waals surface area contributed by atoms with E-state index in [-0.39, 0.29) is 61.9 Å². The summed E-state index contributed by atoms with van der Waals surface area (Å²) in [5.74, 6) is 0. The molecule has 53 heavy (non-hydrogen) atoms. The molecule has 0 fully saturated rings. The third-order valence-electron chi connectivity index (χ3n) is 13.3. The molecule has 0 radical (unpaired) electrons. The maximum absolute atomic E-state index is 3.23. The molecule has 5 heteroatoms. The van der Waals surface area contributed by atoms with Gasteiger partial charge in [0.2, 0.25) is 0 Å². The van der Waals surface area contributed by atoms with Crippen LogP contribution in [0.4, 0.5) is 0 Å². The van der Waals surface area contributed by atoms with E-state index in [1.165, 1.54) is 0 Å². The summed E-state index contributed by atoms with van der Waals surface area (Å²) >= 11 is -3.23. The normalized spacial score (nSPS) is 20.2. The number of hydrogen-bond acceptors (Lipinski definition) is 0. The predicted molar refractivity (Wildman–Crippen MR) is 270 cm³/mol. The van der Waals surface area contributed by atoms with Crippen LogP contribution in [0.25, 0.3) is 0 Å². The quantitative estimate of drug-likeness (QED) is 0.195. The Bertz CT molecular complexity index is 915. The first kappa shape index (κ1) is 55.4. The van der Waals surface area contributed by atoms with Crippen molar-refractivity contribution in [1.82, 2.24) is 0 Å². The Hall–Kier alpha value is 2.38. The van der Waals surface area contributed by atoms with E-state index in [0.29, 0.717) is 0 Å². The molecular weight excluding hydrogens is 807 g/mol. The first-order valence-electron chi connectivity index (χ1n) is 21.6. The summed E-state index contributed by atoms with van der Waals surface area (Å²) < 4.78 is 0. The van der Waals surface area contributed by atoms with Crippen molar-refractivity contribution in [3.05, 3.63) is 0 Å². The molecule has 0 amide bonds. The monoisotopic (exact) mass is 919 g/mol. The van der Waals surface area contributed by atoms with Gasteiger partial charge in [0, 0.05) is 0 Å². The van der Waals surface area contributed by atoms with Gasteiger partial charge in [0.25, 0.3) is 0 Å². The van der Waals surface area contributed by atoms with Gasteiger partial charge in [-0.3, -0.25) is 0 Å². The summed E-state index contributed by atoms with van der Waals surface area (Å²) in [6.07, 6.45) is 0. The van der Waals surface area contributed by atoms with E-state index in [9.17, 15) is 0 Å². The fourth-order valence-corrected chi connectivity index (χ4v) is 325. The zero-order chi connectivity index (χ0) is 44.5. The second-order valence-corrected chi connectivity index (χ2v) is 91.6. The Labute approximate surface area is 344 Å². The van der Waals surface area contributed by atoms with Crippen molar-refractivity contribution in [3.8, 4) is 0 Å². The van der Waals surface area contributed by atoms with Gasteiger partial charge in [-0.15, -0.1) is 0 Å². The van der Waals surface area contributed by atoms with Crippen LogP contribution in [0, 0.1) is 0 Å². The van der Waals surface area contributed by atoms with Crippen LogP contribution in [0.3, 0.4) is 0 Å². The summed E-state index contributed by atoms with van der Waals surface area (Å²) in [5.41, 5.74) is -11.0. The molecule has 0 spiro atoms. The van der Waals surface area contributed by atoms with Crippen LogP contribution in [0.15, 0.2) is 0 Å². The van der Waals surface area contributed by atoms with Crippen molar-refractivity contribution in [2.75, 3.05) is 0 Å². The molecule has 0 bridgehead atoms. The van der Waals surface area contributed by atoms with Crippen LogP contribution in [-0.2, 0) is 13.6 Å². The third kappa shape index (κ3) is 6.96. The molecule has 0 nitrogen and oxygen atoms in total. The molecule has 0 aromatic heterocycles. The molecule has 0 aromatic carbocycles. The molecule has 0 saturated carbocycles. The van der Waals surface area contributed by atoms with Gasteiger partial charge >= 0.3 is 346 Å². The van der Waals surface area contributed by atoms with Gasteiger partial charge in [0.05, 0.1) is 0 Å². The van der Waals surface area contributed by atoms with Crippen LogP contribution >= 0.6 is 21.8 Å². The van der Waals surface area contributed by atoms with Gasteiger partial charge in [0.1, 0.15) is 0 Å². The zero-order valence-electron chi connectivity index (χ0n) is 44.3. The van der Waals surface area contributed by atoms with E-state index >= 15 is 0 Å². The fraction of sp³-hybridized carbons (Fsp3) is 1.00. The molecule has 0 N–H and O–H groups in total. The minimum absolute atomic E-state index is 0.153. The van der Waals surface area contributed by atoms with E-state index in [1.807, 2.05) is 0 Å². The fourth-order valence-electron chi connectivity index (χ4n) is 18.8. The van der Waals surface area contributed by atoms with Gasteiger partial charge in [0.15, 0.2) is 0 Å². The molecule has 0 aliphatic rings. The summed E-state index contributed by atoms with van der Waals surface area (Å²) in [6, 6.07) is 0. The van der Waals surface area contributed by atoms with Crippen LogP contribution < -0.4 is 0 Å². The molecule has 0 saturated heterocycles. The molecule has 0 aliphatic heterocycles. The van der Waals surface area contributed by atoms with Crippen molar-refractivity contribution in [3.63, 3.8) is 0 Å². The van der Waals surface area contributed by atoms with Gasteiger partial charge in [-0.2, -0.15) is 0 Å². The first-order chi connectivity index (χ1) is 22.0. The molecule has 0 rings (SSSR count). The van der Waals surface area contributed by atoms with Crippen LogP contribution in [0.5, 0.6) is 0 Å². The second kappa shape index (κ2) is 14.2. The predicted octanol–water partition coefficient (Wildman–Crippen LogP) is 18.4. The molecule has 0 atom stereocenters. The van der Waals surface area contributed by atoms with E-state index in [4.69, 9.17) is 0 Å².